The number of nitrogens with one attached hydrogen (secondary N) is 2. The zero-order valence-corrected chi connectivity index (χ0v) is 28.9. The minimum atomic E-state index is -0.476. The number of ether oxygens (including phenoxy) is 1. The molecular formula is C36H46N9OP. The van der Waals surface area contributed by atoms with Gasteiger partial charge in [-0.15, -0.1) is 0 Å². The van der Waals surface area contributed by atoms with E-state index in [1.54, 1.807) is 31.8 Å². The highest BCUT2D eigenvalue weighted by Gasteiger charge is 2.32. The normalized spacial score (nSPS) is 18.1. The molecule has 2 aromatic heterocycles. The molecule has 0 amide bonds. The van der Waals surface area contributed by atoms with Crippen LogP contribution in [0.2, 0.25) is 0 Å². The van der Waals surface area contributed by atoms with Crippen LogP contribution in [0.25, 0.3) is 17.1 Å². The van der Waals surface area contributed by atoms with E-state index in [1.165, 1.54) is 63.1 Å². The summed E-state index contributed by atoms with van der Waals surface area (Å²) < 4.78 is 5.98. The number of nitrogens with zero attached hydrogens (tertiary/aromatic N) is 7. The van der Waals surface area contributed by atoms with Crippen LogP contribution in [-0.4, -0.2) is 103 Å². The van der Waals surface area contributed by atoms with Crippen LogP contribution in [0, 0.1) is 0 Å². The summed E-state index contributed by atoms with van der Waals surface area (Å²) in [6.45, 7) is 15.4. The zero-order valence-electron chi connectivity index (χ0n) is 28.0. The van der Waals surface area contributed by atoms with Crippen molar-refractivity contribution in [3.05, 3.63) is 60.6 Å². The number of benzene rings is 2. The first-order chi connectivity index (χ1) is 22.9. The highest BCUT2D eigenvalue weighted by Crippen LogP contribution is 2.48. The average Bonchev–Trinajstić information content (AvgIpc) is 3.94. The Morgan fingerprint density at radius 1 is 0.915 bits per heavy atom. The molecule has 4 heterocycles. The van der Waals surface area contributed by atoms with E-state index in [9.17, 15) is 0 Å². The fourth-order valence-electron chi connectivity index (χ4n) is 7.03. The number of anilines is 5. The lowest BCUT2D eigenvalue weighted by molar-refractivity contribution is 0.0982. The molecule has 11 heteroatoms. The predicted octanol–water partition coefficient (Wildman–Crippen LogP) is 6.02. The van der Waals surface area contributed by atoms with Gasteiger partial charge in [0.25, 0.3) is 0 Å². The van der Waals surface area contributed by atoms with Crippen molar-refractivity contribution >= 4 is 59.2 Å². The van der Waals surface area contributed by atoms with E-state index in [1.807, 2.05) is 6.07 Å². The lowest BCUT2D eigenvalue weighted by atomic mass is 9.99. The summed E-state index contributed by atoms with van der Waals surface area (Å²) >= 11 is 0. The molecule has 47 heavy (non-hydrogen) atoms. The third kappa shape index (κ3) is 6.77. The molecule has 1 aliphatic carbocycles. The molecule has 10 nitrogen and oxygen atoms in total. The monoisotopic (exact) mass is 651 g/mol. The molecule has 0 bridgehead atoms. The van der Waals surface area contributed by atoms with E-state index in [2.05, 4.69) is 85.4 Å². The van der Waals surface area contributed by atoms with Crippen molar-refractivity contribution in [1.82, 2.24) is 29.7 Å². The highest BCUT2D eigenvalue weighted by atomic mass is 31.1. The van der Waals surface area contributed by atoms with Crippen LogP contribution in [-0.2, 0) is 0 Å². The van der Waals surface area contributed by atoms with Crippen molar-refractivity contribution in [3.8, 4) is 5.75 Å². The maximum absolute atomic E-state index is 5.98. The van der Waals surface area contributed by atoms with Gasteiger partial charge in [-0.05, 0) is 75.7 Å². The summed E-state index contributed by atoms with van der Waals surface area (Å²) in [5.41, 5.74) is 7.19. The molecule has 4 aromatic rings. The summed E-state index contributed by atoms with van der Waals surface area (Å²) in [6.07, 6.45) is 11.9. The Labute approximate surface area is 279 Å². The zero-order chi connectivity index (χ0) is 32.5. The molecule has 246 valence electrons. The lowest BCUT2D eigenvalue weighted by Gasteiger charge is -2.43. The molecule has 0 radical (unpaired) electrons. The Kier molecular flexibility index (Phi) is 9.26. The summed E-state index contributed by atoms with van der Waals surface area (Å²) in [4.78, 5) is 26.5. The van der Waals surface area contributed by atoms with E-state index in [4.69, 9.17) is 9.72 Å². The standard InChI is InChI=1S/C36H46N9OP/c1-6-24-23-39-36(42-35(24)40-29-10-9-28-33(34(29)47(4)5)38-14-13-37-28)41-30-21-27(25-7-8-25)31(22-32(30)46-3)45-15-11-26(12-16-45)44-19-17-43(2)18-20-44/h6,9-10,13-14,21-23,25-26H,1,7-8,11-12,15-20H2,2-5H3,(H2,39,40,41,42). The van der Waals surface area contributed by atoms with Gasteiger partial charge in [-0.25, -0.2) is 4.98 Å². The van der Waals surface area contributed by atoms with Crippen molar-refractivity contribution in [2.45, 2.75) is 37.6 Å². The summed E-state index contributed by atoms with van der Waals surface area (Å²) in [6, 6.07) is 9.26. The van der Waals surface area contributed by atoms with E-state index in [-0.39, 0.29) is 0 Å². The fraction of sp³-hybridized carbons (Fsp3) is 0.444. The van der Waals surface area contributed by atoms with Gasteiger partial charge in [-0.1, -0.05) is 20.6 Å². The van der Waals surface area contributed by atoms with Crippen molar-refractivity contribution in [2.24, 2.45) is 0 Å². The van der Waals surface area contributed by atoms with Crippen LogP contribution < -0.4 is 25.6 Å². The van der Waals surface area contributed by atoms with E-state index < -0.39 is 7.92 Å². The summed E-state index contributed by atoms with van der Waals surface area (Å²) in [5.74, 6) is 2.56. The van der Waals surface area contributed by atoms with Gasteiger partial charge in [0.05, 0.1) is 23.8 Å². The number of methoxy groups -OCH3 is 1. The van der Waals surface area contributed by atoms with Crippen molar-refractivity contribution < 1.29 is 4.74 Å². The maximum Gasteiger partial charge on any atom is 0.229 e. The van der Waals surface area contributed by atoms with E-state index >= 15 is 0 Å². The second kappa shape index (κ2) is 13.7. The smallest absolute Gasteiger partial charge is 0.229 e. The van der Waals surface area contributed by atoms with Gasteiger partial charge in [0, 0.05) is 92.2 Å². The molecule has 0 atom stereocenters. The number of hydrogen-bond acceptors (Lipinski definition) is 10. The fourth-order valence-corrected chi connectivity index (χ4v) is 8.24. The van der Waals surface area contributed by atoms with Crippen molar-refractivity contribution in [2.75, 3.05) is 82.3 Å². The van der Waals surface area contributed by atoms with Crippen LogP contribution in [0.5, 0.6) is 5.75 Å². The molecule has 2 aliphatic heterocycles. The van der Waals surface area contributed by atoms with Crippen molar-refractivity contribution in [3.63, 3.8) is 0 Å². The molecule has 2 saturated heterocycles. The van der Waals surface area contributed by atoms with Crippen LogP contribution in [0.4, 0.5) is 28.8 Å². The largest absolute Gasteiger partial charge is 0.494 e. The van der Waals surface area contributed by atoms with E-state index in [0.29, 0.717) is 23.7 Å². The van der Waals surface area contributed by atoms with Gasteiger partial charge in [0.1, 0.15) is 11.6 Å². The topological polar surface area (TPSA) is 94.6 Å². The molecule has 3 aliphatic rings. The number of fused-ring (bicyclic) bond motifs is 1. The molecule has 1 saturated carbocycles. The second-order valence-corrected chi connectivity index (χ2v) is 15.4. The minimum Gasteiger partial charge on any atom is -0.494 e. The molecular weight excluding hydrogens is 605 g/mol. The molecule has 2 aromatic carbocycles. The van der Waals surface area contributed by atoms with Crippen LogP contribution in [0.3, 0.4) is 0 Å². The molecule has 7 rings (SSSR count). The van der Waals surface area contributed by atoms with Gasteiger partial charge in [0.15, 0.2) is 0 Å². The summed E-state index contributed by atoms with van der Waals surface area (Å²) in [7, 11) is 3.50. The first-order valence-electron chi connectivity index (χ1n) is 16.8. The SMILES string of the molecule is C=Cc1cnc(Nc2cc(C3CC3)c(N3CCC(N4CCN(C)CC4)CC3)cc2OC)nc1Nc1ccc2nccnc2c1P(C)C. The van der Waals surface area contributed by atoms with Gasteiger partial charge in [-0.3, -0.25) is 14.9 Å². The van der Waals surface area contributed by atoms with Crippen molar-refractivity contribution in [1.29, 1.82) is 0 Å². The third-order valence-corrected chi connectivity index (χ3v) is 11.2. The number of piperidine rings is 1. The predicted molar refractivity (Wildman–Crippen MR) is 196 cm³/mol. The minimum absolute atomic E-state index is 0.476. The Hall–Kier alpha value is -3.85. The Bertz CT molecular complexity index is 1740. The lowest BCUT2D eigenvalue weighted by Crippen LogP contribution is -2.52. The third-order valence-electron chi connectivity index (χ3n) is 9.82. The Morgan fingerprint density at radius 2 is 1.68 bits per heavy atom. The van der Waals surface area contributed by atoms with Gasteiger partial charge in [0.2, 0.25) is 5.95 Å². The molecule has 3 fully saturated rings. The Morgan fingerprint density at radius 3 is 2.38 bits per heavy atom. The number of piperazine rings is 1. The number of rotatable bonds is 10. The van der Waals surface area contributed by atoms with Gasteiger partial charge in [-0.2, -0.15) is 4.98 Å². The Balaban J connectivity index is 1.14. The van der Waals surface area contributed by atoms with Crippen LogP contribution in [0.1, 0.15) is 42.7 Å². The van der Waals surface area contributed by atoms with Gasteiger partial charge < -0.3 is 25.2 Å². The van der Waals surface area contributed by atoms with Crippen LogP contribution in [0.15, 0.2) is 49.4 Å². The number of likely N-dealkylation sites (N-methyl/N-ethyl adjacent to an activating group) is 1. The molecule has 2 N–H and O–H groups in total. The number of hydrogen-bond donors (Lipinski definition) is 2. The second-order valence-electron chi connectivity index (χ2n) is 13.2. The highest BCUT2D eigenvalue weighted by molar-refractivity contribution is 7.65. The quantitative estimate of drug-likeness (QED) is 0.198. The van der Waals surface area contributed by atoms with E-state index in [0.717, 1.165) is 52.1 Å². The molecule has 0 spiro atoms. The first-order valence-corrected chi connectivity index (χ1v) is 19.0. The number of aromatic nitrogens is 4. The first kappa shape index (κ1) is 31.7. The van der Waals surface area contributed by atoms with Gasteiger partial charge >= 0.3 is 0 Å². The maximum atomic E-state index is 5.98. The summed E-state index contributed by atoms with van der Waals surface area (Å²) in [5, 5.41) is 8.25. The molecule has 0 unspecified atom stereocenters. The van der Waals surface area contributed by atoms with Crippen LogP contribution >= 0.6 is 7.92 Å². The average molecular weight is 652 g/mol.